The summed E-state index contributed by atoms with van der Waals surface area (Å²) in [4.78, 5) is 0. The number of allylic oxidation sites excluding steroid dienone is 2. The summed E-state index contributed by atoms with van der Waals surface area (Å²) < 4.78 is 0. The second-order valence-corrected chi connectivity index (χ2v) is 12.1. The Morgan fingerprint density at radius 2 is 0.297 bits per heavy atom. The van der Waals surface area contributed by atoms with Crippen molar-refractivity contribution in [2.24, 2.45) is 0 Å². The third kappa shape index (κ3) is 35.5. The van der Waals surface area contributed by atoms with Crippen molar-refractivity contribution in [1.29, 1.82) is 0 Å². The Hall–Kier alpha value is -0.520. The fourth-order valence-electron chi connectivity index (χ4n) is 5.70. The summed E-state index contributed by atoms with van der Waals surface area (Å²) in [5.74, 6) is 0. The molecule has 0 N–H and O–H groups in total. The Labute approximate surface area is 236 Å². The molecule has 0 aliphatic carbocycles. The van der Waals surface area contributed by atoms with E-state index in [0.29, 0.717) is 0 Å². The molecule has 0 aliphatic heterocycles. The number of unbranched alkanes of at least 4 members (excludes halogenated alkanes) is 32. The first-order chi connectivity index (χ1) is 18.4. The van der Waals surface area contributed by atoms with Gasteiger partial charge in [0.05, 0.1) is 0 Å². The average molecular weight is 517 g/mol. The second-order valence-electron chi connectivity index (χ2n) is 12.1. The topological polar surface area (TPSA) is 0 Å². The minimum atomic E-state index is 1.21. The molecule has 0 atom stereocenters. The van der Waals surface area contributed by atoms with Gasteiger partial charge in [0.25, 0.3) is 0 Å². The summed E-state index contributed by atoms with van der Waals surface area (Å²) in [6.45, 7) is 7.60. The number of hydrogen-bond acceptors (Lipinski definition) is 0. The highest BCUT2D eigenvalue weighted by Gasteiger charge is 1.97. The minimum absolute atomic E-state index is 1.21. The molecule has 0 bridgehead atoms. The molecule has 0 fully saturated rings. The molecule has 0 radical (unpaired) electrons. The Morgan fingerprint density at radius 1 is 0.189 bits per heavy atom. The molecule has 0 heterocycles. The van der Waals surface area contributed by atoms with E-state index in [2.05, 4.69) is 25.3 Å². The summed E-state index contributed by atoms with van der Waals surface area (Å²) in [5.41, 5.74) is 0. The summed E-state index contributed by atoms with van der Waals surface area (Å²) >= 11 is 0. The van der Waals surface area contributed by atoms with Gasteiger partial charge in [0.1, 0.15) is 0 Å². The largest absolute Gasteiger partial charge is 0.103 e. The van der Waals surface area contributed by atoms with Gasteiger partial charge in [-0.25, -0.2) is 0 Å². The minimum Gasteiger partial charge on any atom is -0.103 e. The standard InChI is InChI=1S/C37H72/c1-3-5-7-9-11-13-15-17-19-21-23-25-27-29-31-33-35-37-36-34-32-30-28-26-24-22-20-18-16-14-12-10-8-6-4-2/h3-4H,1-2,5-37H2. The maximum Gasteiger partial charge on any atom is -0.0353 e. The average Bonchev–Trinajstić information content (AvgIpc) is 2.91. The molecule has 0 spiro atoms. The maximum absolute atomic E-state index is 3.80. The molecule has 0 saturated carbocycles. The van der Waals surface area contributed by atoms with Gasteiger partial charge in [-0.15, -0.1) is 13.2 Å². The van der Waals surface area contributed by atoms with Gasteiger partial charge in [-0.3, -0.25) is 0 Å². The fourth-order valence-corrected chi connectivity index (χ4v) is 5.70. The van der Waals surface area contributed by atoms with Gasteiger partial charge in [-0.05, 0) is 25.7 Å². The van der Waals surface area contributed by atoms with Crippen molar-refractivity contribution < 1.29 is 0 Å². The molecule has 0 unspecified atom stereocenters. The lowest BCUT2D eigenvalue weighted by Crippen LogP contribution is -1.85. The molecule has 220 valence electrons. The van der Waals surface area contributed by atoms with E-state index in [-0.39, 0.29) is 0 Å². The van der Waals surface area contributed by atoms with Crippen LogP contribution in [0.2, 0.25) is 0 Å². The zero-order valence-electron chi connectivity index (χ0n) is 25.9. The Kier molecular flexibility index (Phi) is 35.0. The van der Waals surface area contributed by atoms with E-state index in [4.69, 9.17) is 0 Å². The van der Waals surface area contributed by atoms with Crippen LogP contribution in [-0.4, -0.2) is 0 Å². The van der Waals surface area contributed by atoms with Crippen molar-refractivity contribution in [1.82, 2.24) is 0 Å². The van der Waals surface area contributed by atoms with Crippen molar-refractivity contribution >= 4 is 0 Å². The lowest BCUT2D eigenvalue weighted by molar-refractivity contribution is 0.512. The van der Waals surface area contributed by atoms with Crippen LogP contribution in [0.25, 0.3) is 0 Å². The van der Waals surface area contributed by atoms with Crippen LogP contribution in [0.3, 0.4) is 0 Å². The predicted octanol–water partition coefficient (Wildman–Crippen LogP) is 14.2. The Balaban J connectivity index is 3.01. The lowest BCUT2D eigenvalue weighted by Gasteiger charge is -2.04. The van der Waals surface area contributed by atoms with E-state index in [0.717, 1.165) is 0 Å². The van der Waals surface area contributed by atoms with Crippen molar-refractivity contribution in [3.63, 3.8) is 0 Å². The van der Waals surface area contributed by atoms with Gasteiger partial charge in [-0.2, -0.15) is 0 Å². The zero-order chi connectivity index (χ0) is 26.7. The molecule has 0 aromatic heterocycles. The van der Waals surface area contributed by atoms with E-state index in [1.807, 2.05) is 0 Å². The first-order valence-electron chi connectivity index (χ1n) is 17.6. The van der Waals surface area contributed by atoms with Crippen molar-refractivity contribution in [3.8, 4) is 0 Å². The summed E-state index contributed by atoms with van der Waals surface area (Å²) in [5, 5.41) is 0. The Bertz CT molecular complexity index is 370. The smallest absolute Gasteiger partial charge is 0.0353 e. The quantitative estimate of drug-likeness (QED) is 0.0589. The van der Waals surface area contributed by atoms with E-state index in [1.54, 1.807) is 0 Å². The van der Waals surface area contributed by atoms with Gasteiger partial charge >= 0.3 is 0 Å². The summed E-state index contributed by atoms with van der Waals surface area (Å²) in [6.07, 6.45) is 51.9. The Morgan fingerprint density at radius 3 is 0.405 bits per heavy atom. The lowest BCUT2D eigenvalue weighted by atomic mass is 10.0. The summed E-state index contributed by atoms with van der Waals surface area (Å²) in [7, 11) is 0. The van der Waals surface area contributed by atoms with Gasteiger partial charge in [-0.1, -0.05) is 198 Å². The van der Waals surface area contributed by atoms with Gasteiger partial charge in [0.15, 0.2) is 0 Å². The molecular formula is C37H72. The molecular weight excluding hydrogens is 444 g/mol. The molecule has 0 heteroatoms. The van der Waals surface area contributed by atoms with Gasteiger partial charge in [0, 0.05) is 0 Å². The van der Waals surface area contributed by atoms with Crippen LogP contribution in [0.15, 0.2) is 25.3 Å². The van der Waals surface area contributed by atoms with Gasteiger partial charge < -0.3 is 0 Å². The van der Waals surface area contributed by atoms with Crippen LogP contribution in [0.4, 0.5) is 0 Å². The maximum atomic E-state index is 3.80. The van der Waals surface area contributed by atoms with Crippen LogP contribution in [0.5, 0.6) is 0 Å². The first kappa shape index (κ1) is 36.5. The van der Waals surface area contributed by atoms with E-state index < -0.39 is 0 Å². The molecule has 0 aliphatic rings. The van der Waals surface area contributed by atoms with Crippen LogP contribution in [-0.2, 0) is 0 Å². The molecule has 0 saturated heterocycles. The number of hydrogen-bond donors (Lipinski definition) is 0. The van der Waals surface area contributed by atoms with E-state index in [1.165, 1.54) is 212 Å². The molecule has 0 aromatic rings. The van der Waals surface area contributed by atoms with Crippen LogP contribution in [0, 0.1) is 0 Å². The molecule has 0 nitrogen and oxygen atoms in total. The predicted molar refractivity (Wildman–Crippen MR) is 173 cm³/mol. The summed E-state index contributed by atoms with van der Waals surface area (Å²) in [6, 6.07) is 0. The monoisotopic (exact) mass is 517 g/mol. The molecule has 0 rings (SSSR count). The van der Waals surface area contributed by atoms with Crippen LogP contribution >= 0.6 is 0 Å². The SMILES string of the molecule is C=CCCCCCCCCCCCCCCCCCCCCCCCCCCCCCCCCCC=C. The normalized spacial score (nSPS) is 11.2. The van der Waals surface area contributed by atoms with Crippen molar-refractivity contribution in [2.45, 2.75) is 212 Å². The highest BCUT2D eigenvalue weighted by molar-refractivity contribution is 4.66. The van der Waals surface area contributed by atoms with Gasteiger partial charge in [0.2, 0.25) is 0 Å². The van der Waals surface area contributed by atoms with Crippen LogP contribution < -0.4 is 0 Å². The third-order valence-electron chi connectivity index (χ3n) is 8.32. The highest BCUT2D eigenvalue weighted by atomic mass is 14.0. The third-order valence-corrected chi connectivity index (χ3v) is 8.32. The second kappa shape index (κ2) is 35.5. The fraction of sp³-hybridized carbons (Fsp3) is 0.892. The molecule has 0 amide bonds. The van der Waals surface area contributed by atoms with E-state index >= 15 is 0 Å². The van der Waals surface area contributed by atoms with Crippen molar-refractivity contribution in [2.75, 3.05) is 0 Å². The highest BCUT2D eigenvalue weighted by Crippen LogP contribution is 2.17. The van der Waals surface area contributed by atoms with Crippen LogP contribution in [0.1, 0.15) is 212 Å². The molecule has 37 heavy (non-hydrogen) atoms. The van der Waals surface area contributed by atoms with Crippen molar-refractivity contribution in [3.05, 3.63) is 25.3 Å². The number of rotatable bonds is 34. The first-order valence-corrected chi connectivity index (χ1v) is 17.6. The zero-order valence-corrected chi connectivity index (χ0v) is 25.9. The molecule has 0 aromatic carbocycles. The van der Waals surface area contributed by atoms with E-state index in [9.17, 15) is 0 Å².